The molecule has 11 N–H and O–H groups in total. The molecule has 7 amide bonds. The summed E-state index contributed by atoms with van der Waals surface area (Å²) in [7, 11) is 1.43. The van der Waals surface area contributed by atoms with E-state index in [0.29, 0.717) is 44.3 Å². The normalized spacial score (nSPS) is 19.1. The van der Waals surface area contributed by atoms with Crippen molar-refractivity contribution in [1.82, 2.24) is 36.4 Å². The van der Waals surface area contributed by atoms with Crippen LogP contribution in [0, 0.1) is 0 Å². The lowest BCUT2D eigenvalue weighted by molar-refractivity contribution is -0.143. The Morgan fingerprint density at radius 3 is 2.33 bits per heavy atom. The van der Waals surface area contributed by atoms with Crippen LogP contribution in [0.1, 0.15) is 128 Å². The van der Waals surface area contributed by atoms with Crippen LogP contribution in [-0.4, -0.2) is 138 Å². The number of aromatic hydroxyl groups is 1. The predicted molar refractivity (Wildman–Crippen MR) is 261 cm³/mol. The third-order valence-electron chi connectivity index (χ3n) is 12.7. The maximum absolute atomic E-state index is 14.6. The van der Waals surface area contributed by atoms with Crippen molar-refractivity contribution in [1.29, 1.82) is 0 Å². The minimum Gasteiger partial charge on any atom is -0.507 e. The van der Waals surface area contributed by atoms with Gasteiger partial charge in [-0.25, -0.2) is 0 Å². The van der Waals surface area contributed by atoms with Gasteiger partial charge in [0.15, 0.2) is 0 Å². The number of rotatable bonds is 26. The minimum atomic E-state index is -1.41. The zero-order valence-electron chi connectivity index (χ0n) is 41.0. The average molecular weight is 964 g/mol. The number of phenols is 1. The van der Waals surface area contributed by atoms with Crippen molar-refractivity contribution in [2.24, 2.45) is 11.5 Å². The fourth-order valence-corrected chi connectivity index (χ4v) is 8.84. The maximum Gasteiger partial charge on any atom is 0.248 e. The van der Waals surface area contributed by atoms with Crippen LogP contribution in [0.5, 0.6) is 11.5 Å². The van der Waals surface area contributed by atoms with Crippen molar-refractivity contribution < 1.29 is 48.5 Å². The van der Waals surface area contributed by atoms with Crippen molar-refractivity contribution in [3.05, 3.63) is 47.5 Å². The van der Waals surface area contributed by atoms with E-state index in [1.54, 1.807) is 30.3 Å². The molecule has 0 aliphatic carbocycles. The minimum absolute atomic E-state index is 0.117. The summed E-state index contributed by atoms with van der Waals surface area (Å²) < 4.78 is 5.91. The van der Waals surface area contributed by atoms with E-state index >= 15 is 0 Å². The van der Waals surface area contributed by atoms with Gasteiger partial charge in [0.25, 0.3) is 0 Å². The zero-order chi connectivity index (χ0) is 50.5. The number of benzene rings is 2. The number of primary amides is 1. The van der Waals surface area contributed by atoms with Gasteiger partial charge in [-0.05, 0) is 101 Å². The van der Waals surface area contributed by atoms with Crippen LogP contribution in [-0.2, 0) is 40.0 Å². The molecule has 0 unspecified atom stereocenters. The molecule has 6 atom stereocenters. The monoisotopic (exact) mass is 964 g/mol. The molecule has 2 aromatic carbocycles. The number of nitrogens with zero attached hydrogens (tertiary/aromatic N) is 2. The summed E-state index contributed by atoms with van der Waals surface area (Å²) in [5.74, 6) is -4.33. The summed E-state index contributed by atoms with van der Waals surface area (Å²) in [6.45, 7) is 6.49. The van der Waals surface area contributed by atoms with Crippen LogP contribution in [0.4, 0.5) is 0 Å². The topological polar surface area (TPSA) is 288 Å². The molecule has 0 aromatic heterocycles. The first kappa shape index (κ1) is 55.8. The van der Waals surface area contributed by atoms with Crippen LogP contribution < -0.4 is 42.8 Å². The molecule has 0 radical (unpaired) electrons. The summed E-state index contributed by atoms with van der Waals surface area (Å²) in [4.78, 5) is 98.6. The molecule has 4 rings (SSSR count). The summed E-state index contributed by atoms with van der Waals surface area (Å²) >= 11 is 0. The third-order valence-corrected chi connectivity index (χ3v) is 12.7. The first-order chi connectivity index (χ1) is 33.1. The summed E-state index contributed by atoms with van der Waals surface area (Å²) in [6.07, 6.45) is 11.8. The second-order valence-corrected chi connectivity index (χ2v) is 18.2. The van der Waals surface area contributed by atoms with Crippen LogP contribution in [0.2, 0.25) is 0 Å². The number of carbonyl (C=O) groups excluding carboxylic acids is 7. The second kappa shape index (κ2) is 28.6. The fraction of sp³-hybridized carbons (Fsp3) is 0.620. The molecule has 4 bridgehead atoms. The average Bonchev–Trinajstić information content (AvgIpc) is 3.83. The van der Waals surface area contributed by atoms with E-state index in [-0.39, 0.29) is 73.1 Å². The number of ether oxygens (including phenoxy) is 1. The van der Waals surface area contributed by atoms with Crippen LogP contribution in [0.25, 0.3) is 11.1 Å². The number of likely N-dealkylation sites (N-methyl/N-ethyl adjacent to an activating group) is 1. The molecular formula is C50H77N9O10. The van der Waals surface area contributed by atoms with Crippen molar-refractivity contribution in [3.8, 4) is 22.6 Å². The summed E-state index contributed by atoms with van der Waals surface area (Å²) in [5.41, 5.74) is 12.6. The Balaban J connectivity index is 1.63. The molecule has 19 nitrogen and oxygen atoms in total. The lowest BCUT2D eigenvalue weighted by atomic mass is 9.93. The van der Waals surface area contributed by atoms with Gasteiger partial charge < -0.3 is 62.8 Å². The summed E-state index contributed by atoms with van der Waals surface area (Å²) in [5, 5.41) is 35.3. The van der Waals surface area contributed by atoms with Gasteiger partial charge in [0.2, 0.25) is 41.4 Å². The molecule has 69 heavy (non-hydrogen) atoms. The molecule has 0 spiro atoms. The van der Waals surface area contributed by atoms with E-state index in [4.69, 9.17) is 16.2 Å². The number of fused-ring (bicyclic) bond motifs is 5. The molecule has 382 valence electrons. The summed E-state index contributed by atoms with van der Waals surface area (Å²) in [6, 6.07) is 2.33. The number of aliphatic hydroxyl groups excluding tert-OH is 1. The number of hydrogen-bond acceptors (Lipinski definition) is 12. The van der Waals surface area contributed by atoms with E-state index in [9.17, 15) is 43.8 Å². The van der Waals surface area contributed by atoms with E-state index in [0.717, 1.165) is 19.4 Å². The first-order valence-corrected chi connectivity index (χ1v) is 24.8. The Morgan fingerprint density at radius 1 is 0.913 bits per heavy atom. The molecule has 1 fully saturated rings. The number of nitrogens with one attached hydrogen (secondary N) is 5. The van der Waals surface area contributed by atoms with Gasteiger partial charge in [0, 0.05) is 44.1 Å². The lowest BCUT2D eigenvalue weighted by Gasteiger charge is -2.33. The van der Waals surface area contributed by atoms with E-state index in [1.165, 1.54) is 75.3 Å². The number of unbranched alkanes of at least 4 members (excludes halogenated alkanes) is 8. The largest absolute Gasteiger partial charge is 0.507 e. The van der Waals surface area contributed by atoms with Gasteiger partial charge in [-0.15, -0.1) is 0 Å². The lowest BCUT2D eigenvalue weighted by Crippen LogP contribution is -2.58. The van der Waals surface area contributed by atoms with Crippen molar-refractivity contribution >= 4 is 41.4 Å². The van der Waals surface area contributed by atoms with E-state index < -0.39 is 71.7 Å². The SMILES string of the molecule is CCCCCCCCCCNCCC(=O)N[C@@H](CCCCN)C(=O)N(C)[C@@H]1C(=O)N[C@@H](C)C(=O)N[C@H](C(=O)N[C@@H](C)C(=O)N2CCC[C@H]2C(N)=O)Cc2ccc(O)c(c2)-c2cc1ccc2OCCO. The molecule has 19 heteroatoms. The number of phenolic OH excluding ortho intramolecular Hbond substituents is 1. The molecule has 2 aromatic rings. The van der Waals surface area contributed by atoms with Crippen LogP contribution >= 0.6 is 0 Å². The smallest absolute Gasteiger partial charge is 0.248 e. The number of amides is 7. The highest BCUT2D eigenvalue weighted by Crippen LogP contribution is 2.39. The number of aliphatic hydroxyl groups is 1. The number of hydrogen-bond donors (Lipinski definition) is 9. The van der Waals surface area contributed by atoms with E-state index in [1.807, 2.05) is 0 Å². The highest BCUT2D eigenvalue weighted by molar-refractivity contribution is 5.97. The predicted octanol–water partition coefficient (Wildman–Crippen LogP) is 2.19. The molecule has 0 saturated carbocycles. The van der Waals surface area contributed by atoms with Gasteiger partial charge in [-0.1, -0.05) is 64.0 Å². The van der Waals surface area contributed by atoms with Crippen molar-refractivity contribution in [2.75, 3.05) is 46.4 Å². The molecular weight excluding hydrogens is 887 g/mol. The Kier molecular flexibility index (Phi) is 23.2. The maximum atomic E-state index is 14.6. The molecule has 1 saturated heterocycles. The number of carbonyl (C=O) groups is 7. The fourth-order valence-electron chi connectivity index (χ4n) is 8.84. The Hall–Kier alpha value is -5.79. The molecule has 2 aliphatic heterocycles. The Morgan fingerprint density at radius 2 is 1.64 bits per heavy atom. The quantitative estimate of drug-likeness (QED) is 0.0614. The number of nitrogens with two attached hydrogens (primary N) is 2. The van der Waals surface area contributed by atoms with Gasteiger partial charge in [0.05, 0.1) is 6.61 Å². The van der Waals surface area contributed by atoms with Crippen molar-refractivity contribution in [3.63, 3.8) is 0 Å². The Bertz CT molecular complexity index is 2050. The van der Waals surface area contributed by atoms with Gasteiger partial charge >= 0.3 is 0 Å². The molecule has 2 aliphatic rings. The number of likely N-dealkylation sites (tertiary alicyclic amines) is 1. The van der Waals surface area contributed by atoms with Gasteiger partial charge in [-0.3, -0.25) is 33.6 Å². The zero-order valence-corrected chi connectivity index (χ0v) is 41.0. The van der Waals surface area contributed by atoms with Gasteiger partial charge in [-0.2, -0.15) is 0 Å². The van der Waals surface area contributed by atoms with Crippen LogP contribution in [0.15, 0.2) is 36.4 Å². The highest BCUT2D eigenvalue weighted by atomic mass is 16.5. The third kappa shape index (κ3) is 16.7. The van der Waals surface area contributed by atoms with Crippen molar-refractivity contribution in [2.45, 2.75) is 153 Å². The van der Waals surface area contributed by atoms with Crippen LogP contribution in [0.3, 0.4) is 0 Å². The Labute approximate surface area is 406 Å². The van der Waals surface area contributed by atoms with E-state index in [2.05, 4.69) is 33.5 Å². The van der Waals surface area contributed by atoms with Gasteiger partial charge in [0.1, 0.15) is 54.4 Å². The molecule has 2 heterocycles. The second-order valence-electron chi connectivity index (χ2n) is 18.2. The highest BCUT2D eigenvalue weighted by Gasteiger charge is 2.38. The standard InChI is InChI=1S/C50H77N9O10/c1-5-6-7-8-9-10-11-14-24-53-25-22-43(62)56-38(16-12-13-23-51)50(68)58(4)44-35-19-21-42(69-28-27-60)37(31-35)36-29-34(18-20-41(36)61)30-39(57-46(64)32(2)54-48(44)66)47(65)55-33(3)49(67)59-26-15-17-40(59)45(52)63/h18-21,29,31-33,38-40,44,53,60-61H,5-17,22-28,30,51H2,1-4H3,(H2,52,63)(H,54,66)(H,55,65)(H,56,62)(H,57,64)/t32-,33-,38-,39-,40-,44-/m0/s1. The first-order valence-electron chi connectivity index (χ1n) is 24.8.